The van der Waals surface area contributed by atoms with Crippen LogP contribution >= 0.6 is 0 Å². The normalized spacial score (nSPS) is 14.2. The van der Waals surface area contributed by atoms with Gasteiger partial charge in [-0.1, -0.05) is 6.92 Å². The maximum atomic E-state index is 11.4. The monoisotopic (exact) mass is 244 g/mol. The van der Waals surface area contributed by atoms with E-state index in [1.807, 2.05) is 20.8 Å². The van der Waals surface area contributed by atoms with Crippen LogP contribution in [-0.4, -0.2) is 37.6 Å². The number of methoxy groups -OCH3 is 1. The van der Waals surface area contributed by atoms with Crippen LogP contribution < -0.4 is 10.6 Å². The first kappa shape index (κ1) is 15.9. The van der Waals surface area contributed by atoms with E-state index in [0.29, 0.717) is 13.0 Å². The molecule has 0 saturated carbocycles. The molecule has 1 amide bonds. The van der Waals surface area contributed by atoms with Crippen LogP contribution in [0.2, 0.25) is 0 Å². The molecule has 17 heavy (non-hydrogen) atoms. The second-order valence-corrected chi connectivity index (χ2v) is 4.53. The van der Waals surface area contributed by atoms with Crippen LogP contribution in [0.15, 0.2) is 0 Å². The lowest BCUT2D eigenvalue weighted by atomic mass is 10.0. The number of ether oxygens (including phenoxy) is 1. The quantitative estimate of drug-likeness (QED) is 0.647. The van der Waals surface area contributed by atoms with Crippen LogP contribution in [0.25, 0.3) is 0 Å². The Hall–Kier alpha value is -1.10. The molecule has 0 aliphatic heterocycles. The zero-order valence-corrected chi connectivity index (χ0v) is 11.4. The van der Waals surface area contributed by atoms with Gasteiger partial charge in [0.15, 0.2) is 0 Å². The third-order valence-electron chi connectivity index (χ3n) is 2.59. The molecule has 5 heteroatoms. The number of carbonyl (C=O) groups is 2. The lowest BCUT2D eigenvalue weighted by Crippen LogP contribution is -2.39. The van der Waals surface area contributed by atoms with E-state index < -0.39 is 0 Å². The van der Waals surface area contributed by atoms with Crippen LogP contribution in [0, 0.1) is 5.92 Å². The second-order valence-electron chi connectivity index (χ2n) is 4.53. The molecule has 100 valence electrons. The Labute approximate surface area is 103 Å². The lowest BCUT2D eigenvalue weighted by molar-refractivity contribution is -0.145. The molecule has 0 fully saturated rings. The van der Waals surface area contributed by atoms with Gasteiger partial charge in [0.1, 0.15) is 0 Å². The molecular formula is C12H24N2O3. The van der Waals surface area contributed by atoms with Gasteiger partial charge in [-0.2, -0.15) is 0 Å². The van der Waals surface area contributed by atoms with Crippen molar-refractivity contribution >= 4 is 11.9 Å². The third kappa shape index (κ3) is 6.94. The summed E-state index contributed by atoms with van der Waals surface area (Å²) in [6, 6.07) is 0.156. The predicted molar refractivity (Wildman–Crippen MR) is 66.5 cm³/mol. The van der Waals surface area contributed by atoms with Crippen molar-refractivity contribution in [2.75, 3.05) is 13.7 Å². The summed E-state index contributed by atoms with van der Waals surface area (Å²) in [6.45, 7) is 8.11. The number of hydrogen-bond acceptors (Lipinski definition) is 4. The van der Waals surface area contributed by atoms with Crippen LogP contribution in [0.3, 0.4) is 0 Å². The Balaban J connectivity index is 3.81. The molecule has 5 nitrogen and oxygen atoms in total. The summed E-state index contributed by atoms with van der Waals surface area (Å²) in [7, 11) is 1.38. The first-order chi connectivity index (χ1) is 7.88. The van der Waals surface area contributed by atoms with Crippen LogP contribution in [0.5, 0.6) is 0 Å². The summed E-state index contributed by atoms with van der Waals surface area (Å²) in [5.74, 6) is -0.435. The number of hydrogen-bond donors (Lipinski definition) is 2. The highest BCUT2D eigenvalue weighted by atomic mass is 16.5. The van der Waals surface area contributed by atoms with Crippen molar-refractivity contribution < 1.29 is 14.3 Å². The van der Waals surface area contributed by atoms with Gasteiger partial charge < -0.3 is 15.4 Å². The number of rotatable bonds is 7. The zero-order valence-electron chi connectivity index (χ0n) is 11.4. The minimum absolute atomic E-state index is 0.00528. The van der Waals surface area contributed by atoms with Crippen LogP contribution in [0.1, 0.15) is 34.1 Å². The van der Waals surface area contributed by atoms with Gasteiger partial charge in [0.05, 0.1) is 13.0 Å². The van der Waals surface area contributed by atoms with Crippen LogP contribution in [0.4, 0.5) is 0 Å². The van der Waals surface area contributed by atoms with Crippen molar-refractivity contribution in [3.8, 4) is 0 Å². The molecule has 0 radical (unpaired) electrons. The molecular weight excluding hydrogens is 220 g/mol. The summed E-state index contributed by atoms with van der Waals surface area (Å²) in [5, 5.41) is 5.95. The van der Waals surface area contributed by atoms with E-state index in [-0.39, 0.29) is 29.9 Å². The van der Waals surface area contributed by atoms with E-state index in [0.717, 1.165) is 0 Å². The highest BCUT2D eigenvalue weighted by Crippen LogP contribution is 2.04. The molecule has 2 unspecified atom stereocenters. The second kappa shape index (κ2) is 8.06. The fourth-order valence-electron chi connectivity index (χ4n) is 1.37. The van der Waals surface area contributed by atoms with Gasteiger partial charge in [0.2, 0.25) is 5.91 Å². The summed E-state index contributed by atoms with van der Waals surface area (Å²) in [4.78, 5) is 22.6. The Kier molecular flexibility index (Phi) is 7.54. The highest BCUT2D eigenvalue weighted by molar-refractivity contribution is 5.76. The Morgan fingerprint density at radius 3 is 2.24 bits per heavy atom. The smallest absolute Gasteiger partial charge is 0.309 e. The van der Waals surface area contributed by atoms with Crippen molar-refractivity contribution in [1.29, 1.82) is 0 Å². The maximum absolute atomic E-state index is 11.4. The Morgan fingerprint density at radius 2 is 1.76 bits per heavy atom. The van der Waals surface area contributed by atoms with Gasteiger partial charge in [-0.05, 0) is 20.8 Å². The van der Waals surface area contributed by atoms with Crippen molar-refractivity contribution in [2.45, 2.75) is 46.2 Å². The van der Waals surface area contributed by atoms with E-state index >= 15 is 0 Å². The van der Waals surface area contributed by atoms with E-state index in [1.165, 1.54) is 7.11 Å². The van der Waals surface area contributed by atoms with Crippen LogP contribution in [-0.2, 0) is 14.3 Å². The molecule has 0 rings (SSSR count). The molecule has 0 aliphatic carbocycles. The molecule has 0 aromatic rings. The van der Waals surface area contributed by atoms with E-state index in [2.05, 4.69) is 15.4 Å². The largest absolute Gasteiger partial charge is 0.469 e. The first-order valence-corrected chi connectivity index (χ1v) is 5.99. The average molecular weight is 244 g/mol. The maximum Gasteiger partial charge on any atom is 0.309 e. The number of carbonyl (C=O) groups excluding carboxylic acids is 2. The van der Waals surface area contributed by atoms with Gasteiger partial charge >= 0.3 is 5.97 Å². The van der Waals surface area contributed by atoms with Gasteiger partial charge in [0, 0.05) is 25.0 Å². The fourth-order valence-corrected chi connectivity index (χ4v) is 1.37. The van der Waals surface area contributed by atoms with Crippen molar-refractivity contribution in [1.82, 2.24) is 10.6 Å². The summed E-state index contributed by atoms with van der Waals surface area (Å²) >= 11 is 0. The topological polar surface area (TPSA) is 67.4 Å². The summed E-state index contributed by atoms with van der Waals surface area (Å²) in [5.41, 5.74) is 0. The SMILES string of the molecule is COC(=O)C(C)C(C)NCCC(=O)NC(C)C. The molecule has 0 saturated heterocycles. The first-order valence-electron chi connectivity index (χ1n) is 5.99. The molecule has 0 bridgehead atoms. The molecule has 0 aromatic heterocycles. The van der Waals surface area contributed by atoms with Gasteiger partial charge in [0.25, 0.3) is 0 Å². The summed E-state index contributed by atoms with van der Waals surface area (Å²) in [6.07, 6.45) is 0.413. The average Bonchev–Trinajstić information content (AvgIpc) is 2.25. The number of nitrogens with one attached hydrogen (secondary N) is 2. The van der Waals surface area contributed by atoms with Crippen molar-refractivity contribution in [2.24, 2.45) is 5.92 Å². The molecule has 0 heterocycles. The Morgan fingerprint density at radius 1 is 1.18 bits per heavy atom. The van der Waals surface area contributed by atoms with Gasteiger partial charge in [-0.25, -0.2) is 0 Å². The molecule has 0 aliphatic rings. The minimum Gasteiger partial charge on any atom is -0.469 e. The molecule has 0 spiro atoms. The third-order valence-corrected chi connectivity index (χ3v) is 2.59. The molecule has 0 aromatic carbocycles. The number of amides is 1. The summed E-state index contributed by atoms with van der Waals surface area (Å²) < 4.78 is 4.65. The Bertz CT molecular complexity index is 254. The standard InChI is InChI=1S/C12H24N2O3/c1-8(2)14-11(15)6-7-13-10(4)9(3)12(16)17-5/h8-10,13H,6-7H2,1-5H3,(H,14,15). The van der Waals surface area contributed by atoms with Crippen molar-refractivity contribution in [3.63, 3.8) is 0 Å². The minimum atomic E-state index is -0.239. The van der Waals surface area contributed by atoms with E-state index in [4.69, 9.17) is 0 Å². The highest BCUT2D eigenvalue weighted by Gasteiger charge is 2.20. The van der Waals surface area contributed by atoms with Crippen molar-refractivity contribution in [3.05, 3.63) is 0 Å². The van der Waals surface area contributed by atoms with E-state index in [1.54, 1.807) is 6.92 Å². The molecule has 2 N–H and O–H groups in total. The van der Waals surface area contributed by atoms with Gasteiger partial charge in [-0.15, -0.1) is 0 Å². The lowest BCUT2D eigenvalue weighted by Gasteiger charge is -2.19. The van der Waals surface area contributed by atoms with E-state index in [9.17, 15) is 9.59 Å². The zero-order chi connectivity index (χ0) is 13.4. The predicted octanol–water partition coefficient (Wildman–Crippen LogP) is 0.688. The number of esters is 1. The van der Waals surface area contributed by atoms with Gasteiger partial charge in [-0.3, -0.25) is 9.59 Å². The molecule has 2 atom stereocenters. The fraction of sp³-hybridized carbons (Fsp3) is 0.833.